The van der Waals surface area contributed by atoms with Crippen LogP contribution < -0.4 is 0 Å². The van der Waals surface area contributed by atoms with Crippen molar-refractivity contribution in [3.8, 4) is 56.2 Å². The normalized spacial score (nSPS) is 11.0. The minimum atomic E-state index is 0.637. The molecule has 0 aliphatic carbocycles. The highest BCUT2D eigenvalue weighted by atomic mass is 14.8. The Bertz CT molecular complexity index is 2350. The fourth-order valence-electron chi connectivity index (χ4n) is 6.02. The Morgan fingerprint density at radius 3 is 1.52 bits per heavy atom. The summed E-state index contributed by atoms with van der Waals surface area (Å²) in [4.78, 5) is 17.7. The third-order valence-electron chi connectivity index (χ3n) is 8.36. The minimum absolute atomic E-state index is 0.637. The van der Waals surface area contributed by atoms with E-state index < -0.39 is 0 Å². The summed E-state index contributed by atoms with van der Waals surface area (Å²) in [6, 6.07) is 50.1. The Kier molecular flexibility index (Phi) is 6.83. The van der Waals surface area contributed by atoms with Crippen LogP contribution in [0.4, 0.5) is 5.69 Å². The molecule has 0 fully saturated rings. The van der Waals surface area contributed by atoms with Crippen LogP contribution in [0.3, 0.4) is 0 Å². The summed E-state index contributed by atoms with van der Waals surface area (Å²) in [6.45, 7) is 7.39. The summed E-state index contributed by atoms with van der Waals surface area (Å²) in [7, 11) is 0. The lowest BCUT2D eigenvalue weighted by atomic mass is 9.90. The first-order chi connectivity index (χ1) is 22.7. The summed E-state index contributed by atoms with van der Waals surface area (Å²) in [6.07, 6.45) is 3.59. The van der Waals surface area contributed by atoms with Crippen LogP contribution in [-0.2, 0) is 0 Å². The standard InChI is InChI=1S/C42H26N4/c1-43-36-18-16-29(17-19-36)37-24-30-8-2-3-9-31(30)25-38(37)33-15-13-28-12-14-32(22-34(28)23-33)35-26-41(39-10-4-6-20-44-39)46-42(27-35)40-11-5-7-21-45-40/h2-27H. The van der Waals surface area contributed by atoms with Crippen LogP contribution >= 0.6 is 0 Å². The van der Waals surface area contributed by atoms with Crippen molar-refractivity contribution in [3.05, 3.63) is 169 Å². The molecular weight excluding hydrogens is 560 g/mol. The third-order valence-corrected chi connectivity index (χ3v) is 8.36. The summed E-state index contributed by atoms with van der Waals surface area (Å²) < 4.78 is 0. The summed E-state index contributed by atoms with van der Waals surface area (Å²) >= 11 is 0. The molecule has 0 atom stereocenters. The Morgan fingerprint density at radius 1 is 0.391 bits per heavy atom. The topological polar surface area (TPSA) is 43.0 Å². The fraction of sp³-hybridized carbons (Fsp3) is 0. The molecule has 0 N–H and O–H groups in total. The molecule has 214 valence electrons. The zero-order chi connectivity index (χ0) is 30.9. The second-order valence-corrected chi connectivity index (χ2v) is 11.2. The molecule has 0 amide bonds. The number of nitrogens with zero attached hydrogens (tertiary/aromatic N) is 4. The van der Waals surface area contributed by atoms with Crippen LogP contribution in [0.25, 0.3) is 82.5 Å². The first-order valence-electron chi connectivity index (χ1n) is 15.1. The van der Waals surface area contributed by atoms with E-state index in [1.807, 2.05) is 60.7 Å². The van der Waals surface area contributed by atoms with E-state index in [-0.39, 0.29) is 0 Å². The first kappa shape index (κ1) is 27.1. The average Bonchev–Trinajstić information content (AvgIpc) is 3.14. The van der Waals surface area contributed by atoms with Crippen molar-refractivity contribution in [1.29, 1.82) is 0 Å². The van der Waals surface area contributed by atoms with E-state index in [2.05, 4.69) is 99.7 Å². The van der Waals surface area contributed by atoms with Crippen molar-refractivity contribution in [1.82, 2.24) is 15.0 Å². The van der Waals surface area contributed by atoms with E-state index in [4.69, 9.17) is 11.6 Å². The molecule has 0 radical (unpaired) electrons. The van der Waals surface area contributed by atoms with E-state index >= 15 is 0 Å². The summed E-state index contributed by atoms with van der Waals surface area (Å²) in [5, 5.41) is 4.69. The van der Waals surface area contributed by atoms with Gasteiger partial charge in [-0.1, -0.05) is 84.9 Å². The maximum Gasteiger partial charge on any atom is 0.187 e. The van der Waals surface area contributed by atoms with Crippen LogP contribution in [0.5, 0.6) is 0 Å². The summed E-state index contributed by atoms with van der Waals surface area (Å²) in [5.41, 5.74) is 10.5. The molecule has 0 aliphatic rings. The molecule has 3 aromatic heterocycles. The van der Waals surface area contributed by atoms with Gasteiger partial charge in [0.05, 0.1) is 29.3 Å². The number of hydrogen-bond donors (Lipinski definition) is 0. The number of benzene rings is 5. The third kappa shape index (κ3) is 5.17. The molecule has 3 heterocycles. The van der Waals surface area contributed by atoms with Crippen molar-refractivity contribution in [2.75, 3.05) is 0 Å². The van der Waals surface area contributed by atoms with Gasteiger partial charge in [0.1, 0.15) is 0 Å². The highest BCUT2D eigenvalue weighted by Gasteiger charge is 2.13. The van der Waals surface area contributed by atoms with Gasteiger partial charge in [-0.25, -0.2) is 9.83 Å². The lowest BCUT2D eigenvalue weighted by Crippen LogP contribution is -1.94. The van der Waals surface area contributed by atoms with Gasteiger partial charge in [0.15, 0.2) is 5.69 Å². The number of pyridine rings is 3. The van der Waals surface area contributed by atoms with Gasteiger partial charge in [0.25, 0.3) is 0 Å². The van der Waals surface area contributed by atoms with Gasteiger partial charge in [-0.15, -0.1) is 0 Å². The number of hydrogen-bond acceptors (Lipinski definition) is 3. The maximum absolute atomic E-state index is 7.39. The van der Waals surface area contributed by atoms with Gasteiger partial charge < -0.3 is 0 Å². The SMILES string of the molecule is [C-]#[N+]c1ccc(-c2cc3ccccc3cc2-c2ccc3ccc(-c4cc(-c5ccccn5)nc(-c5ccccn5)c4)cc3c2)cc1. The van der Waals surface area contributed by atoms with Gasteiger partial charge in [-0.3, -0.25) is 9.97 Å². The highest BCUT2D eigenvalue weighted by Crippen LogP contribution is 2.38. The van der Waals surface area contributed by atoms with Gasteiger partial charge in [-0.05, 0) is 116 Å². The Balaban J connectivity index is 1.28. The zero-order valence-electron chi connectivity index (χ0n) is 24.8. The quantitative estimate of drug-likeness (QED) is 0.188. The maximum atomic E-state index is 7.39. The molecule has 46 heavy (non-hydrogen) atoms. The predicted octanol–water partition coefficient (Wildman–Crippen LogP) is 11.1. The smallest absolute Gasteiger partial charge is 0.187 e. The fourth-order valence-corrected chi connectivity index (χ4v) is 6.02. The van der Waals surface area contributed by atoms with Gasteiger partial charge in [0.2, 0.25) is 0 Å². The van der Waals surface area contributed by atoms with E-state index in [1.54, 1.807) is 12.4 Å². The van der Waals surface area contributed by atoms with E-state index in [1.165, 1.54) is 16.2 Å². The Morgan fingerprint density at radius 2 is 0.935 bits per heavy atom. The first-order valence-corrected chi connectivity index (χ1v) is 15.1. The van der Waals surface area contributed by atoms with Gasteiger partial charge in [-0.2, -0.15) is 0 Å². The minimum Gasteiger partial charge on any atom is -0.255 e. The number of rotatable bonds is 5. The van der Waals surface area contributed by atoms with Crippen LogP contribution in [0.1, 0.15) is 0 Å². The lowest BCUT2D eigenvalue weighted by Gasteiger charge is -2.14. The average molecular weight is 587 g/mol. The molecule has 0 saturated carbocycles. The Labute approximate surface area is 267 Å². The second-order valence-electron chi connectivity index (χ2n) is 11.2. The molecule has 4 nitrogen and oxygen atoms in total. The number of aromatic nitrogens is 3. The van der Waals surface area contributed by atoms with Crippen LogP contribution in [0.15, 0.2) is 158 Å². The van der Waals surface area contributed by atoms with Crippen molar-refractivity contribution in [3.63, 3.8) is 0 Å². The van der Waals surface area contributed by atoms with E-state index in [0.717, 1.165) is 61.5 Å². The molecule has 8 aromatic rings. The highest BCUT2D eigenvalue weighted by molar-refractivity contribution is 5.99. The molecule has 8 rings (SSSR count). The number of fused-ring (bicyclic) bond motifs is 2. The molecule has 0 aliphatic heterocycles. The van der Waals surface area contributed by atoms with Crippen LogP contribution in [0.2, 0.25) is 0 Å². The molecular formula is C42H26N4. The van der Waals surface area contributed by atoms with Crippen molar-refractivity contribution in [2.24, 2.45) is 0 Å². The van der Waals surface area contributed by atoms with Crippen molar-refractivity contribution >= 4 is 27.2 Å². The molecule has 5 aromatic carbocycles. The monoisotopic (exact) mass is 586 g/mol. The molecule has 0 spiro atoms. The lowest BCUT2D eigenvalue weighted by molar-refractivity contribution is 1.22. The zero-order valence-corrected chi connectivity index (χ0v) is 24.8. The van der Waals surface area contributed by atoms with Crippen molar-refractivity contribution in [2.45, 2.75) is 0 Å². The summed E-state index contributed by atoms with van der Waals surface area (Å²) in [5.74, 6) is 0. The van der Waals surface area contributed by atoms with E-state index in [0.29, 0.717) is 5.69 Å². The molecule has 0 bridgehead atoms. The molecule has 0 saturated heterocycles. The van der Waals surface area contributed by atoms with Gasteiger partial charge in [0, 0.05) is 12.4 Å². The molecule has 0 unspecified atom stereocenters. The van der Waals surface area contributed by atoms with Gasteiger partial charge >= 0.3 is 0 Å². The Hall–Kier alpha value is -6.44. The molecule has 4 heteroatoms. The largest absolute Gasteiger partial charge is 0.255 e. The van der Waals surface area contributed by atoms with Crippen LogP contribution in [0, 0.1) is 6.57 Å². The van der Waals surface area contributed by atoms with E-state index in [9.17, 15) is 0 Å². The predicted molar refractivity (Wildman–Crippen MR) is 188 cm³/mol. The van der Waals surface area contributed by atoms with Crippen molar-refractivity contribution < 1.29 is 0 Å². The second kappa shape index (κ2) is 11.6. The van der Waals surface area contributed by atoms with Crippen LogP contribution in [-0.4, -0.2) is 15.0 Å².